The molecule has 30 heavy (non-hydrogen) atoms. The van der Waals surface area contributed by atoms with Crippen molar-refractivity contribution in [2.45, 2.75) is 43.9 Å². The third-order valence-electron chi connectivity index (χ3n) is 5.72. The van der Waals surface area contributed by atoms with Gasteiger partial charge in [-0.05, 0) is 73.9 Å². The minimum atomic E-state index is -4.04. The van der Waals surface area contributed by atoms with Crippen molar-refractivity contribution >= 4 is 15.9 Å². The van der Waals surface area contributed by atoms with Crippen molar-refractivity contribution in [2.75, 3.05) is 0 Å². The molecular formula is C25H24O4S. The fourth-order valence-electron chi connectivity index (χ4n) is 4.06. The Balaban J connectivity index is 1.73. The molecular weight excluding hydrogens is 396 g/mol. The zero-order valence-corrected chi connectivity index (χ0v) is 17.9. The lowest BCUT2D eigenvalue weighted by Gasteiger charge is -2.27. The average molecular weight is 421 g/mol. The van der Waals surface area contributed by atoms with E-state index in [1.807, 2.05) is 31.2 Å². The number of carbonyl (C=O) groups excluding carboxylic acids is 1. The van der Waals surface area contributed by atoms with Gasteiger partial charge in [-0.1, -0.05) is 54.1 Å². The van der Waals surface area contributed by atoms with E-state index in [-0.39, 0.29) is 16.4 Å². The summed E-state index contributed by atoms with van der Waals surface area (Å²) in [4.78, 5) is 12.3. The monoisotopic (exact) mass is 420 g/mol. The number of benzene rings is 3. The first kappa shape index (κ1) is 20.4. The lowest BCUT2D eigenvalue weighted by molar-refractivity contribution is 0.101. The van der Waals surface area contributed by atoms with Crippen LogP contribution in [0.2, 0.25) is 0 Å². The van der Waals surface area contributed by atoms with Gasteiger partial charge in [0, 0.05) is 0 Å². The largest absolute Gasteiger partial charge is 0.378 e. The van der Waals surface area contributed by atoms with Crippen LogP contribution >= 0.6 is 0 Å². The van der Waals surface area contributed by atoms with E-state index in [0.29, 0.717) is 17.9 Å². The van der Waals surface area contributed by atoms with Gasteiger partial charge in [-0.25, -0.2) is 0 Å². The lowest BCUT2D eigenvalue weighted by Crippen LogP contribution is -2.18. The molecule has 0 amide bonds. The summed E-state index contributed by atoms with van der Waals surface area (Å²) in [6.07, 6.45) is 2.33. The van der Waals surface area contributed by atoms with Crippen molar-refractivity contribution in [3.05, 3.63) is 94.5 Å². The number of rotatable bonds is 5. The number of hydrogen-bond acceptors (Lipinski definition) is 4. The molecule has 3 aromatic carbocycles. The molecule has 0 spiro atoms. The molecule has 154 valence electrons. The molecule has 1 aliphatic carbocycles. The van der Waals surface area contributed by atoms with Gasteiger partial charge in [0.05, 0.1) is 5.56 Å². The van der Waals surface area contributed by atoms with Crippen molar-refractivity contribution in [3.8, 4) is 5.75 Å². The Hall–Kier alpha value is -2.92. The molecule has 0 radical (unpaired) electrons. The Morgan fingerprint density at radius 1 is 0.967 bits per heavy atom. The quantitative estimate of drug-likeness (QED) is 0.418. The molecule has 0 aliphatic heterocycles. The maximum absolute atomic E-state index is 12.9. The van der Waals surface area contributed by atoms with E-state index in [1.54, 1.807) is 18.2 Å². The number of ketones is 1. The summed E-state index contributed by atoms with van der Waals surface area (Å²) in [7, 11) is -4.04. The summed E-state index contributed by atoms with van der Waals surface area (Å²) in [5.41, 5.74) is 4.40. The normalized spacial score (nSPS) is 16.0. The zero-order chi connectivity index (χ0) is 21.3. The van der Waals surface area contributed by atoms with Gasteiger partial charge in [-0.2, -0.15) is 8.42 Å². The molecule has 5 heteroatoms. The molecule has 0 aromatic heterocycles. The van der Waals surface area contributed by atoms with E-state index in [9.17, 15) is 13.2 Å². The average Bonchev–Trinajstić information content (AvgIpc) is 2.74. The van der Waals surface area contributed by atoms with Crippen molar-refractivity contribution in [2.24, 2.45) is 0 Å². The van der Waals surface area contributed by atoms with E-state index in [2.05, 4.69) is 12.1 Å². The highest BCUT2D eigenvalue weighted by Crippen LogP contribution is 2.39. The Morgan fingerprint density at radius 2 is 1.67 bits per heavy atom. The maximum atomic E-state index is 12.9. The van der Waals surface area contributed by atoms with Gasteiger partial charge in [0.1, 0.15) is 4.90 Å². The SMILES string of the molecule is CC(=O)c1ccc2c(c1OS(=O)(=O)c1ccc(C)cc1)CCC(c1ccccc1)C2. The summed E-state index contributed by atoms with van der Waals surface area (Å²) in [5.74, 6) is 0.340. The summed E-state index contributed by atoms with van der Waals surface area (Å²) in [6.45, 7) is 3.32. The van der Waals surface area contributed by atoms with Gasteiger partial charge in [-0.3, -0.25) is 4.79 Å². The van der Waals surface area contributed by atoms with Gasteiger partial charge in [0.25, 0.3) is 0 Å². The van der Waals surface area contributed by atoms with Gasteiger partial charge >= 0.3 is 10.1 Å². The first-order valence-corrected chi connectivity index (χ1v) is 11.5. The summed E-state index contributed by atoms with van der Waals surface area (Å²) in [6, 6.07) is 20.5. The van der Waals surface area contributed by atoms with Crippen LogP contribution < -0.4 is 4.18 Å². The van der Waals surface area contributed by atoms with E-state index in [1.165, 1.54) is 24.6 Å². The second kappa shape index (κ2) is 8.07. The van der Waals surface area contributed by atoms with Crippen LogP contribution in [-0.4, -0.2) is 14.2 Å². The first-order valence-electron chi connectivity index (χ1n) is 10.1. The highest BCUT2D eigenvalue weighted by Gasteiger charge is 2.28. The van der Waals surface area contributed by atoms with Crippen LogP contribution in [0.5, 0.6) is 5.75 Å². The van der Waals surface area contributed by atoms with Crippen LogP contribution in [0.3, 0.4) is 0 Å². The fourth-order valence-corrected chi connectivity index (χ4v) is 5.04. The second-order valence-electron chi connectivity index (χ2n) is 7.84. The molecule has 0 N–H and O–H groups in total. The Labute approximate surface area is 177 Å². The summed E-state index contributed by atoms with van der Waals surface area (Å²) in [5, 5.41) is 0. The molecule has 4 rings (SSSR count). The van der Waals surface area contributed by atoms with Gasteiger partial charge in [0.15, 0.2) is 11.5 Å². The number of hydrogen-bond donors (Lipinski definition) is 0. The Bertz CT molecular complexity index is 1180. The number of Topliss-reactive ketones (excluding diaryl/α,β-unsaturated/α-hetero) is 1. The van der Waals surface area contributed by atoms with Crippen LogP contribution in [0.15, 0.2) is 71.6 Å². The van der Waals surface area contributed by atoms with E-state index in [4.69, 9.17) is 4.18 Å². The third kappa shape index (κ3) is 4.03. The highest BCUT2D eigenvalue weighted by atomic mass is 32.2. The molecule has 4 nitrogen and oxygen atoms in total. The topological polar surface area (TPSA) is 60.4 Å². The molecule has 1 unspecified atom stereocenters. The first-order chi connectivity index (χ1) is 14.3. The molecule has 1 atom stereocenters. The Kier molecular flexibility index (Phi) is 5.48. The van der Waals surface area contributed by atoms with Crippen molar-refractivity contribution in [1.29, 1.82) is 0 Å². The number of carbonyl (C=O) groups is 1. The highest BCUT2D eigenvalue weighted by molar-refractivity contribution is 7.87. The van der Waals surface area contributed by atoms with Crippen molar-refractivity contribution < 1.29 is 17.4 Å². The fraction of sp³-hybridized carbons (Fsp3) is 0.240. The minimum absolute atomic E-state index is 0.0816. The standard InChI is InChI=1S/C25H24O4S/c1-17-8-12-22(13-9-17)30(27,28)29-25-23(18(2)26)14-11-21-16-20(10-15-24(21)25)19-6-4-3-5-7-19/h3-9,11-14,20H,10,15-16H2,1-2H3. The second-order valence-corrected chi connectivity index (χ2v) is 9.38. The number of fused-ring (bicyclic) bond motifs is 1. The molecule has 3 aromatic rings. The zero-order valence-electron chi connectivity index (χ0n) is 17.1. The summed E-state index contributed by atoms with van der Waals surface area (Å²) < 4.78 is 31.5. The van der Waals surface area contributed by atoms with Gasteiger partial charge < -0.3 is 4.18 Å². The minimum Gasteiger partial charge on any atom is -0.378 e. The molecule has 0 fully saturated rings. The molecule has 0 saturated heterocycles. The van der Waals surface area contributed by atoms with Crippen molar-refractivity contribution in [3.63, 3.8) is 0 Å². The molecule has 0 heterocycles. The van der Waals surface area contributed by atoms with Crippen LogP contribution in [0.4, 0.5) is 0 Å². The van der Waals surface area contributed by atoms with E-state index < -0.39 is 10.1 Å². The maximum Gasteiger partial charge on any atom is 0.339 e. The molecule has 1 aliphatic rings. The third-order valence-corrected chi connectivity index (χ3v) is 6.96. The van der Waals surface area contributed by atoms with Crippen LogP contribution in [0.25, 0.3) is 0 Å². The van der Waals surface area contributed by atoms with Crippen LogP contribution in [0.1, 0.15) is 51.9 Å². The Morgan fingerprint density at radius 3 is 2.33 bits per heavy atom. The van der Waals surface area contributed by atoms with Gasteiger partial charge in [-0.15, -0.1) is 0 Å². The van der Waals surface area contributed by atoms with E-state index >= 15 is 0 Å². The lowest BCUT2D eigenvalue weighted by atomic mass is 9.79. The molecule has 0 saturated carbocycles. The van der Waals surface area contributed by atoms with Crippen molar-refractivity contribution in [1.82, 2.24) is 0 Å². The van der Waals surface area contributed by atoms with Crippen LogP contribution in [-0.2, 0) is 23.0 Å². The number of aryl methyl sites for hydroxylation is 1. The predicted molar refractivity (Wildman–Crippen MR) is 117 cm³/mol. The van der Waals surface area contributed by atoms with Gasteiger partial charge in [0.2, 0.25) is 0 Å². The summed E-state index contributed by atoms with van der Waals surface area (Å²) >= 11 is 0. The smallest absolute Gasteiger partial charge is 0.339 e. The van der Waals surface area contributed by atoms with Crippen LogP contribution in [0, 0.1) is 6.92 Å². The predicted octanol–water partition coefficient (Wildman–Crippen LogP) is 5.24. The molecule has 0 bridgehead atoms. The van der Waals surface area contributed by atoms with E-state index in [0.717, 1.165) is 29.5 Å².